The number of para-hydroxylation sites is 1. The van der Waals surface area contributed by atoms with Crippen LogP contribution >= 0.6 is 0 Å². The van der Waals surface area contributed by atoms with Gasteiger partial charge in [-0.25, -0.2) is 4.39 Å². The molecule has 1 fully saturated rings. The van der Waals surface area contributed by atoms with Crippen LogP contribution in [0.15, 0.2) is 54.6 Å². The Balaban J connectivity index is 1.57. The molecule has 1 aliphatic rings. The minimum Gasteiger partial charge on any atom is -0.466 e. The highest BCUT2D eigenvalue weighted by molar-refractivity contribution is 5.83. The first-order valence-corrected chi connectivity index (χ1v) is 9.90. The first-order valence-electron chi connectivity index (χ1n) is 9.90. The third kappa shape index (κ3) is 3.80. The average Bonchev–Trinajstić information content (AvgIpc) is 3.07. The minimum absolute atomic E-state index is 0.0131. The molecule has 0 radical (unpaired) electrons. The monoisotopic (exact) mass is 380 g/mol. The quantitative estimate of drug-likeness (QED) is 0.609. The van der Waals surface area contributed by atoms with Crippen LogP contribution in [0.3, 0.4) is 0 Å². The number of piperidine rings is 1. The van der Waals surface area contributed by atoms with Crippen molar-refractivity contribution in [1.82, 2.24) is 9.47 Å². The smallest absolute Gasteiger partial charge is 0.309 e. The lowest BCUT2D eigenvalue weighted by Crippen LogP contribution is -2.36. The Bertz CT molecular complexity index is 956. The number of aromatic nitrogens is 1. The number of esters is 1. The number of hydrogen-bond acceptors (Lipinski definition) is 3. The Morgan fingerprint density at radius 3 is 2.54 bits per heavy atom. The van der Waals surface area contributed by atoms with Gasteiger partial charge in [-0.3, -0.25) is 9.69 Å². The van der Waals surface area contributed by atoms with Crippen LogP contribution in [0.1, 0.15) is 25.5 Å². The summed E-state index contributed by atoms with van der Waals surface area (Å²) in [5, 5.41) is 1.17. The molecule has 0 N–H and O–H groups in total. The van der Waals surface area contributed by atoms with Crippen LogP contribution in [0.4, 0.5) is 4.39 Å². The number of hydrogen-bond donors (Lipinski definition) is 0. The zero-order chi connectivity index (χ0) is 19.5. The molecule has 146 valence electrons. The first kappa shape index (κ1) is 18.7. The molecule has 4 rings (SSSR count). The number of ether oxygens (including phenoxy) is 1. The number of carbonyl (C=O) groups excluding carboxylic acids is 1. The highest BCUT2D eigenvalue weighted by Crippen LogP contribution is 2.27. The van der Waals surface area contributed by atoms with Gasteiger partial charge in [-0.2, -0.15) is 0 Å². The van der Waals surface area contributed by atoms with E-state index in [1.165, 1.54) is 23.2 Å². The van der Waals surface area contributed by atoms with Crippen molar-refractivity contribution in [3.63, 3.8) is 0 Å². The van der Waals surface area contributed by atoms with Gasteiger partial charge in [-0.05, 0) is 69.3 Å². The number of nitrogens with zero attached hydrogens (tertiary/aromatic N) is 2. The number of carbonyl (C=O) groups is 1. The number of benzene rings is 2. The van der Waals surface area contributed by atoms with Crippen molar-refractivity contribution in [2.24, 2.45) is 5.92 Å². The van der Waals surface area contributed by atoms with Crippen LogP contribution in [0.25, 0.3) is 16.6 Å². The van der Waals surface area contributed by atoms with Crippen LogP contribution < -0.4 is 0 Å². The maximum absolute atomic E-state index is 13.4. The highest BCUT2D eigenvalue weighted by atomic mass is 19.1. The van der Waals surface area contributed by atoms with E-state index in [-0.39, 0.29) is 17.7 Å². The number of rotatable bonds is 5. The lowest BCUT2D eigenvalue weighted by molar-refractivity contribution is -0.149. The summed E-state index contributed by atoms with van der Waals surface area (Å²) in [6.45, 7) is 4.82. The van der Waals surface area contributed by atoms with Crippen LogP contribution in [0.2, 0.25) is 0 Å². The van der Waals surface area contributed by atoms with Gasteiger partial charge in [0.2, 0.25) is 0 Å². The fourth-order valence-electron chi connectivity index (χ4n) is 4.04. The van der Waals surface area contributed by atoms with Crippen molar-refractivity contribution in [3.8, 4) is 5.69 Å². The van der Waals surface area contributed by atoms with Gasteiger partial charge in [0.05, 0.1) is 18.0 Å². The molecule has 2 aromatic carbocycles. The first-order chi connectivity index (χ1) is 13.7. The average molecular weight is 380 g/mol. The predicted octanol–water partition coefficient (Wildman–Crippen LogP) is 4.54. The van der Waals surface area contributed by atoms with Gasteiger partial charge in [0.25, 0.3) is 0 Å². The van der Waals surface area contributed by atoms with E-state index in [4.69, 9.17) is 4.74 Å². The fourth-order valence-corrected chi connectivity index (χ4v) is 4.04. The molecular formula is C23H25FN2O2. The molecule has 4 nitrogen and oxygen atoms in total. The van der Waals surface area contributed by atoms with Gasteiger partial charge < -0.3 is 9.30 Å². The van der Waals surface area contributed by atoms with Crippen LogP contribution in [-0.4, -0.2) is 35.1 Å². The van der Waals surface area contributed by atoms with Crippen molar-refractivity contribution in [2.45, 2.75) is 26.3 Å². The summed E-state index contributed by atoms with van der Waals surface area (Å²) >= 11 is 0. The Hall–Kier alpha value is -2.66. The zero-order valence-electron chi connectivity index (χ0n) is 16.1. The maximum atomic E-state index is 13.4. The third-order valence-corrected chi connectivity index (χ3v) is 5.46. The molecule has 28 heavy (non-hydrogen) atoms. The van der Waals surface area contributed by atoms with E-state index in [1.807, 2.05) is 31.2 Å². The van der Waals surface area contributed by atoms with Gasteiger partial charge in [0.15, 0.2) is 0 Å². The molecule has 2 heterocycles. The molecule has 0 unspecified atom stereocenters. The van der Waals surface area contributed by atoms with Crippen LogP contribution in [0.5, 0.6) is 0 Å². The van der Waals surface area contributed by atoms with Crippen molar-refractivity contribution in [1.29, 1.82) is 0 Å². The summed E-state index contributed by atoms with van der Waals surface area (Å²) < 4.78 is 20.8. The second-order valence-corrected chi connectivity index (χ2v) is 7.31. The summed E-state index contributed by atoms with van der Waals surface area (Å²) in [5.41, 5.74) is 3.24. The van der Waals surface area contributed by atoms with Gasteiger partial charge in [-0.15, -0.1) is 0 Å². The summed E-state index contributed by atoms with van der Waals surface area (Å²) in [5.74, 6) is -0.287. The molecule has 3 aromatic rings. The second kappa shape index (κ2) is 8.15. The molecular weight excluding hydrogens is 355 g/mol. The number of halogens is 1. The van der Waals surface area contributed by atoms with E-state index in [9.17, 15) is 9.18 Å². The van der Waals surface area contributed by atoms with Crippen LogP contribution in [0, 0.1) is 11.7 Å². The molecule has 5 heteroatoms. The summed E-state index contributed by atoms with van der Waals surface area (Å²) in [4.78, 5) is 14.4. The number of fused-ring (bicyclic) bond motifs is 1. The van der Waals surface area contributed by atoms with E-state index in [1.54, 1.807) is 0 Å². The molecule has 0 bridgehead atoms. The summed E-state index contributed by atoms with van der Waals surface area (Å²) in [6.07, 6.45) is 1.66. The van der Waals surface area contributed by atoms with Crippen molar-refractivity contribution in [3.05, 3.63) is 66.1 Å². The summed E-state index contributed by atoms with van der Waals surface area (Å²) in [6, 6.07) is 17.1. The predicted molar refractivity (Wildman–Crippen MR) is 108 cm³/mol. The SMILES string of the molecule is CCOC(=O)C1CCN(Cc2cc3ccccc3n2-c2ccc(F)cc2)CC1. The lowest BCUT2D eigenvalue weighted by atomic mass is 9.97. The van der Waals surface area contributed by atoms with Crippen molar-refractivity contribution < 1.29 is 13.9 Å². The van der Waals surface area contributed by atoms with Crippen molar-refractivity contribution in [2.75, 3.05) is 19.7 Å². The molecule has 1 aromatic heterocycles. The molecule has 1 aliphatic heterocycles. The van der Waals surface area contributed by atoms with Gasteiger partial charge >= 0.3 is 5.97 Å². The largest absolute Gasteiger partial charge is 0.466 e. The molecule has 0 spiro atoms. The van der Waals surface area contributed by atoms with E-state index in [0.717, 1.165) is 43.7 Å². The summed E-state index contributed by atoms with van der Waals surface area (Å²) in [7, 11) is 0. The van der Waals surface area contributed by atoms with E-state index in [2.05, 4.69) is 27.7 Å². The Morgan fingerprint density at radius 1 is 1.11 bits per heavy atom. The molecule has 0 saturated carbocycles. The number of likely N-dealkylation sites (tertiary alicyclic amines) is 1. The molecule has 0 aliphatic carbocycles. The van der Waals surface area contributed by atoms with Gasteiger partial charge in [0.1, 0.15) is 5.82 Å². The van der Waals surface area contributed by atoms with Gasteiger partial charge in [0, 0.05) is 23.3 Å². The standard InChI is InChI=1S/C23H25FN2O2/c1-2-28-23(27)17-11-13-25(14-12-17)16-21-15-18-5-3-4-6-22(18)26(21)20-9-7-19(24)8-10-20/h3-10,15,17H,2,11-14,16H2,1H3. The van der Waals surface area contributed by atoms with E-state index in [0.29, 0.717) is 6.61 Å². The topological polar surface area (TPSA) is 34.5 Å². The molecule has 0 atom stereocenters. The fraction of sp³-hybridized carbons (Fsp3) is 0.348. The van der Waals surface area contributed by atoms with E-state index < -0.39 is 0 Å². The Labute approximate surface area is 164 Å². The zero-order valence-corrected chi connectivity index (χ0v) is 16.1. The lowest BCUT2D eigenvalue weighted by Gasteiger charge is -2.31. The van der Waals surface area contributed by atoms with Crippen LogP contribution in [-0.2, 0) is 16.1 Å². The third-order valence-electron chi connectivity index (χ3n) is 5.46. The normalized spacial score (nSPS) is 15.8. The Morgan fingerprint density at radius 2 is 1.82 bits per heavy atom. The van der Waals surface area contributed by atoms with Gasteiger partial charge in [-0.1, -0.05) is 18.2 Å². The highest BCUT2D eigenvalue weighted by Gasteiger charge is 2.26. The second-order valence-electron chi connectivity index (χ2n) is 7.31. The minimum atomic E-state index is -0.234. The molecule has 1 saturated heterocycles. The van der Waals surface area contributed by atoms with E-state index >= 15 is 0 Å². The Kier molecular flexibility index (Phi) is 5.44. The maximum Gasteiger partial charge on any atom is 0.309 e. The molecule has 0 amide bonds. The van der Waals surface area contributed by atoms with Crippen molar-refractivity contribution >= 4 is 16.9 Å².